The van der Waals surface area contributed by atoms with Crippen LogP contribution in [0.15, 0.2) is 71.8 Å². The van der Waals surface area contributed by atoms with Crippen molar-refractivity contribution in [2.24, 2.45) is 5.92 Å². The van der Waals surface area contributed by atoms with Gasteiger partial charge in [0.05, 0.1) is 6.54 Å². The van der Waals surface area contributed by atoms with Gasteiger partial charge in [-0.3, -0.25) is 4.79 Å². The Morgan fingerprint density at radius 1 is 0.964 bits per heavy atom. The molecule has 2 aromatic carbocycles. The van der Waals surface area contributed by atoms with Crippen molar-refractivity contribution in [2.45, 2.75) is 25.7 Å². The van der Waals surface area contributed by atoms with Crippen molar-refractivity contribution in [3.8, 4) is 17.6 Å². The van der Waals surface area contributed by atoms with Gasteiger partial charge in [0.25, 0.3) is 0 Å². The summed E-state index contributed by atoms with van der Waals surface area (Å²) in [5.41, 5.74) is 3.07. The Hall–Kier alpha value is -3.32. The number of nitrogens with zero attached hydrogens (tertiary/aromatic N) is 1. The number of allylic oxidation sites excluding steroid dienone is 2. The summed E-state index contributed by atoms with van der Waals surface area (Å²) in [5, 5.41) is 12.8. The van der Waals surface area contributed by atoms with Crippen molar-refractivity contribution in [2.75, 3.05) is 6.54 Å². The number of nitrogens with one attached hydrogen (secondary N) is 1. The van der Waals surface area contributed by atoms with E-state index in [0.29, 0.717) is 11.5 Å². The predicted octanol–water partition coefficient (Wildman–Crippen LogP) is 5.00. The van der Waals surface area contributed by atoms with Gasteiger partial charge in [-0.15, -0.1) is 0 Å². The number of benzene rings is 2. The standard InChI is InChI=1S/C24H22N2O2/c25-15-22-21(17-6-4-5-7-17)14-23(26-16-24(22)27)18-10-12-20(13-11-18)28-19-8-2-1-3-9-19/h1-3,8-14,17,26H,4-7,16H2. The molecule has 140 valence electrons. The van der Waals surface area contributed by atoms with Gasteiger partial charge in [0.1, 0.15) is 23.1 Å². The highest BCUT2D eigenvalue weighted by molar-refractivity contribution is 6.03. The van der Waals surface area contributed by atoms with Crippen molar-refractivity contribution >= 4 is 11.5 Å². The van der Waals surface area contributed by atoms with Gasteiger partial charge >= 0.3 is 0 Å². The van der Waals surface area contributed by atoms with Crippen LogP contribution in [0.25, 0.3) is 5.70 Å². The van der Waals surface area contributed by atoms with Gasteiger partial charge in [-0.1, -0.05) is 31.0 Å². The smallest absolute Gasteiger partial charge is 0.192 e. The molecule has 0 spiro atoms. The van der Waals surface area contributed by atoms with Crippen LogP contribution in [0.4, 0.5) is 0 Å². The number of rotatable bonds is 4. The molecule has 1 aliphatic heterocycles. The quantitative estimate of drug-likeness (QED) is 0.822. The van der Waals surface area contributed by atoms with Gasteiger partial charge in [-0.05, 0) is 72.4 Å². The Morgan fingerprint density at radius 3 is 2.32 bits per heavy atom. The molecular formula is C24H22N2O2. The summed E-state index contributed by atoms with van der Waals surface area (Å²) < 4.78 is 5.85. The average molecular weight is 370 g/mol. The van der Waals surface area contributed by atoms with Crippen molar-refractivity contribution in [1.82, 2.24) is 5.32 Å². The molecule has 0 amide bonds. The predicted molar refractivity (Wildman–Crippen MR) is 109 cm³/mol. The van der Waals surface area contributed by atoms with E-state index in [4.69, 9.17) is 4.74 Å². The zero-order valence-electron chi connectivity index (χ0n) is 15.7. The summed E-state index contributed by atoms with van der Waals surface area (Å²) in [4.78, 5) is 12.5. The Labute approximate surface area is 165 Å². The summed E-state index contributed by atoms with van der Waals surface area (Å²) in [6.45, 7) is 0.146. The maximum Gasteiger partial charge on any atom is 0.192 e. The lowest BCUT2D eigenvalue weighted by molar-refractivity contribution is -0.114. The van der Waals surface area contributed by atoms with Crippen LogP contribution < -0.4 is 10.1 Å². The van der Waals surface area contributed by atoms with Crippen LogP contribution in [-0.4, -0.2) is 12.3 Å². The molecule has 1 aliphatic carbocycles. The summed E-state index contributed by atoms with van der Waals surface area (Å²) in [6.07, 6.45) is 6.40. The van der Waals surface area contributed by atoms with E-state index in [-0.39, 0.29) is 12.3 Å². The van der Waals surface area contributed by atoms with E-state index >= 15 is 0 Å². The first-order valence-electron chi connectivity index (χ1n) is 9.71. The van der Waals surface area contributed by atoms with Crippen LogP contribution in [0.5, 0.6) is 11.5 Å². The SMILES string of the molecule is N#CC1=C(C2CCCC2)C=C(c2ccc(Oc3ccccc3)cc2)NCC1=O. The van der Waals surface area contributed by atoms with Gasteiger partial charge in [0, 0.05) is 5.70 Å². The number of hydrogen-bond donors (Lipinski definition) is 1. The van der Waals surface area contributed by atoms with Crippen molar-refractivity contribution in [3.05, 3.63) is 77.4 Å². The number of nitriles is 1. The van der Waals surface area contributed by atoms with Gasteiger partial charge < -0.3 is 10.1 Å². The maximum absolute atomic E-state index is 12.5. The fraction of sp³-hybridized carbons (Fsp3) is 0.250. The van der Waals surface area contributed by atoms with Crippen LogP contribution in [0, 0.1) is 17.2 Å². The van der Waals surface area contributed by atoms with Crippen LogP contribution in [0.3, 0.4) is 0 Å². The lowest BCUT2D eigenvalue weighted by Crippen LogP contribution is -2.21. The number of carbonyl (C=O) groups is 1. The number of Topliss-reactive ketones (excluding diaryl/α,β-unsaturated/α-hetero) is 1. The van der Waals surface area contributed by atoms with E-state index in [0.717, 1.165) is 54.0 Å². The molecule has 2 aliphatic rings. The van der Waals surface area contributed by atoms with E-state index < -0.39 is 0 Å². The third-order valence-electron chi connectivity index (χ3n) is 5.36. The second kappa shape index (κ2) is 8.14. The zero-order chi connectivity index (χ0) is 19.3. The van der Waals surface area contributed by atoms with E-state index in [1.165, 1.54) is 0 Å². The maximum atomic E-state index is 12.5. The van der Waals surface area contributed by atoms with Crippen LogP contribution >= 0.6 is 0 Å². The molecule has 28 heavy (non-hydrogen) atoms. The molecule has 4 heteroatoms. The molecule has 1 N–H and O–H groups in total. The number of para-hydroxylation sites is 1. The topological polar surface area (TPSA) is 62.1 Å². The van der Waals surface area contributed by atoms with Crippen LogP contribution in [0.2, 0.25) is 0 Å². The monoisotopic (exact) mass is 370 g/mol. The lowest BCUT2D eigenvalue weighted by atomic mass is 9.90. The first-order chi connectivity index (χ1) is 13.7. The second-order valence-corrected chi connectivity index (χ2v) is 7.20. The fourth-order valence-electron chi connectivity index (χ4n) is 3.90. The van der Waals surface area contributed by atoms with Gasteiger partial charge in [0.15, 0.2) is 5.78 Å². The number of ether oxygens (including phenoxy) is 1. The minimum absolute atomic E-state index is 0.125. The zero-order valence-corrected chi connectivity index (χ0v) is 15.7. The molecule has 0 bridgehead atoms. The van der Waals surface area contributed by atoms with Gasteiger partial charge in [-0.2, -0.15) is 5.26 Å². The Morgan fingerprint density at radius 2 is 1.64 bits per heavy atom. The highest BCUT2D eigenvalue weighted by atomic mass is 16.5. The molecule has 0 atom stereocenters. The van der Waals surface area contributed by atoms with Crippen molar-refractivity contribution in [3.63, 3.8) is 0 Å². The minimum atomic E-state index is -0.125. The molecular weight excluding hydrogens is 348 g/mol. The van der Waals surface area contributed by atoms with Crippen LogP contribution in [-0.2, 0) is 4.79 Å². The lowest BCUT2D eigenvalue weighted by Gasteiger charge is -2.13. The third kappa shape index (κ3) is 3.84. The molecule has 2 aromatic rings. The van der Waals surface area contributed by atoms with E-state index in [1.54, 1.807) is 0 Å². The largest absolute Gasteiger partial charge is 0.457 e. The number of carbonyl (C=O) groups excluding carboxylic acids is 1. The first kappa shape index (κ1) is 18.1. The summed E-state index contributed by atoms with van der Waals surface area (Å²) in [6, 6.07) is 19.6. The summed E-state index contributed by atoms with van der Waals surface area (Å²) in [7, 11) is 0. The average Bonchev–Trinajstić information content (AvgIpc) is 3.21. The Balaban J connectivity index is 1.61. The highest BCUT2D eigenvalue weighted by Crippen LogP contribution is 2.36. The third-order valence-corrected chi connectivity index (χ3v) is 5.36. The molecule has 1 saturated carbocycles. The fourth-order valence-corrected chi connectivity index (χ4v) is 3.90. The minimum Gasteiger partial charge on any atom is -0.457 e. The molecule has 1 heterocycles. The molecule has 1 fully saturated rings. The Bertz CT molecular complexity index is 960. The van der Waals surface area contributed by atoms with Crippen molar-refractivity contribution < 1.29 is 9.53 Å². The normalized spacial score (nSPS) is 17.5. The van der Waals surface area contributed by atoms with Gasteiger partial charge in [0.2, 0.25) is 0 Å². The number of ketones is 1. The molecule has 0 aromatic heterocycles. The first-order valence-corrected chi connectivity index (χ1v) is 9.71. The molecule has 4 nitrogen and oxygen atoms in total. The summed E-state index contributed by atoms with van der Waals surface area (Å²) >= 11 is 0. The highest BCUT2D eigenvalue weighted by Gasteiger charge is 2.27. The Kier molecular flexibility index (Phi) is 5.25. The molecule has 0 radical (unpaired) electrons. The molecule has 4 rings (SSSR count). The molecule has 0 unspecified atom stereocenters. The van der Waals surface area contributed by atoms with Gasteiger partial charge in [-0.25, -0.2) is 0 Å². The second-order valence-electron chi connectivity index (χ2n) is 7.20. The number of hydrogen-bond acceptors (Lipinski definition) is 4. The van der Waals surface area contributed by atoms with Crippen molar-refractivity contribution in [1.29, 1.82) is 5.26 Å². The van der Waals surface area contributed by atoms with Crippen LogP contribution in [0.1, 0.15) is 31.2 Å². The van der Waals surface area contributed by atoms with E-state index in [1.807, 2.05) is 60.7 Å². The molecule has 0 saturated heterocycles. The summed E-state index contributed by atoms with van der Waals surface area (Å²) in [5.74, 6) is 1.72. The van der Waals surface area contributed by atoms with E-state index in [2.05, 4.69) is 11.4 Å². The van der Waals surface area contributed by atoms with E-state index in [9.17, 15) is 10.1 Å².